The van der Waals surface area contributed by atoms with Crippen LogP contribution in [0.3, 0.4) is 0 Å². The van der Waals surface area contributed by atoms with E-state index in [0.717, 1.165) is 16.5 Å². The van der Waals surface area contributed by atoms with Crippen molar-refractivity contribution in [1.82, 2.24) is 13.9 Å². The molecule has 0 fully saturated rings. The third-order valence-electron chi connectivity index (χ3n) is 6.47. The van der Waals surface area contributed by atoms with Gasteiger partial charge in [-0.05, 0) is 67.6 Å². The minimum atomic E-state index is -4.09. The number of hydrogen-bond acceptors (Lipinski definition) is 7. The summed E-state index contributed by atoms with van der Waals surface area (Å²) in [7, 11) is -2.37. The zero-order valence-corrected chi connectivity index (χ0v) is 22.4. The Bertz CT molecular complexity index is 1610. The fourth-order valence-electron chi connectivity index (χ4n) is 4.33. The Morgan fingerprint density at radius 2 is 1.82 bits per heavy atom. The quantitative estimate of drug-likeness (QED) is 0.138. The van der Waals surface area contributed by atoms with E-state index in [1.807, 2.05) is 24.3 Å². The first-order valence-electron chi connectivity index (χ1n) is 12.6. The molecule has 4 rings (SSSR count). The van der Waals surface area contributed by atoms with Crippen molar-refractivity contribution in [2.45, 2.75) is 30.6 Å². The molecule has 0 radical (unpaired) electrons. The molecule has 2 aromatic heterocycles. The highest BCUT2D eigenvalue weighted by Crippen LogP contribution is 2.27. The van der Waals surface area contributed by atoms with Gasteiger partial charge < -0.3 is 9.30 Å². The summed E-state index contributed by atoms with van der Waals surface area (Å²) in [6.07, 6.45) is 5.73. The first-order chi connectivity index (χ1) is 18.8. The smallest absolute Gasteiger partial charge is 0.289 e. The molecule has 2 heterocycles. The molecular formula is C28H30N4O6S. The molecule has 204 valence electrons. The van der Waals surface area contributed by atoms with Gasteiger partial charge in [0, 0.05) is 50.0 Å². The Balaban J connectivity index is 1.37. The SMILES string of the molecule is Cn1c(=O)ccc2cc(OCCCCCN(CCc3cccnc3)S(=O)(=O)c3ccccc3[N+](=O)[O-])ccc21. The number of hydrogen-bond donors (Lipinski definition) is 0. The lowest BCUT2D eigenvalue weighted by molar-refractivity contribution is -0.387. The number of nitrogens with zero attached hydrogens (tertiary/aromatic N) is 4. The van der Waals surface area contributed by atoms with Crippen LogP contribution in [-0.2, 0) is 23.5 Å². The maximum Gasteiger partial charge on any atom is 0.289 e. The van der Waals surface area contributed by atoms with E-state index in [2.05, 4.69) is 4.98 Å². The molecule has 0 spiro atoms. The van der Waals surface area contributed by atoms with Crippen LogP contribution in [0.5, 0.6) is 5.75 Å². The molecule has 0 saturated carbocycles. The maximum atomic E-state index is 13.5. The molecule has 0 aliphatic heterocycles. The summed E-state index contributed by atoms with van der Waals surface area (Å²) < 4.78 is 35.8. The fourth-order valence-corrected chi connectivity index (χ4v) is 5.96. The number of para-hydroxylation sites is 1. The highest BCUT2D eigenvalue weighted by molar-refractivity contribution is 7.89. The number of benzene rings is 2. The lowest BCUT2D eigenvalue weighted by Gasteiger charge is -2.22. The lowest BCUT2D eigenvalue weighted by atomic mass is 10.2. The summed E-state index contributed by atoms with van der Waals surface area (Å²) in [4.78, 5) is 26.4. The molecule has 0 saturated heterocycles. The van der Waals surface area contributed by atoms with E-state index in [1.165, 1.54) is 34.6 Å². The molecule has 11 heteroatoms. The summed E-state index contributed by atoms with van der Waals surface area (Å²) in [5, 5.41) is 12.4. The summed E-state index contributed by atoms with van der Waals surface area (Å²) >= 11 is 0. The van der Waals surface area contributed by atoms with Gasteiger partial charge in [-0.15, -0.1) is 0 Å². The topological polar surface area (TPSA) is 125 Å². The van der Waals surface area contributed by atoms with Crippen LogP contribution in [-0.4, -0.2) is 46.9 Å². The number of sulfonamides is 1. The Morgan fingerprint density at radius 1 is 1.00 bits per heavy atom. The highest BCUT2D eigenvalue weighted by Gasteiger charge is 2.30. The number of ether oxygens (including phenoxy) is 1. The normalized spacial score (nSPS) is 11.6. The third-order valence-corrected chi connectivity index (χ3v) is 8.42. The van der Waals surface area contributed by atoms with Gasteiger partial charge in [0.25, 0.3) is 11.2 Å². The minimum absolute atomic E-state index is 0.0745. The number of nitro groups is 1. The van der Waals surface area contributed by atoms with Crippen LogP contribution >= 0.6 is 0 Å². The van der Waals surface area contributed by atoms with Crippen LogP contribution in [0.1, 0.15) is 24.8 Å². The maximum absolute atomic E-state index is 13.5. The third kappa shape index (κ3) is 6.87. The van der Waals surface area contributed by atoms with Crippen LogP contribution < -0.4 is 10.3 Å². The van der Waals surface area contributed by atoms with Gasteiger partial charge >= 0.3 is 0 Å². The Labute approximate surface area is 226 Å². The number of nitro benzene ring substituents is 1. The predicted molar refractivity (Wildman–Crippen MR) is 148 cm³/mol. The molecule has 10 nitrogen and oxygen atoms in total. The average molecular weight is 551 g/mol. The van der Waals surface area contributed by atoms with E-state index in [-0.39, 0.29) is 23.5 Å². The second-order valence-corrected chi connectivity index (χ2v) is 11.0. The summed E-state index contributed by atoms with van der Waals surface area (Å²) in [6.45, 7) is 0.846. The first kappa shape index (κ1) is 27.9. The Hall–Kier alpha value is -4.09. The summed E-state index contributed by atoms with van der Waals surface area (Å²) in [6, 6.07) is 17.9. The molecule has 0 amide bonds. The van der Waals surface area contributed by atoms with Crippen molar-refractivity contribution in [3.63, 3.8) is 0 Å². The number of fused-ring (bicyclic) bond motifs is 1. The zero-order valence-electron chi connectivity index (χ0n) is 21.6. The van der Waals surface area contributed by atoms with Crippen molar-refractivity contribution < 1.29 is 18.1 Å². The van der Waals surface area contributed by atoms with Gasteiger partial charge in [0.15, 0.2) is 4.90 Å². The van der Waals surface area contributed by atoms with Crippen molar-refractivity contribution in [1.29, 1.82) is 0 Å². The lowest BCUT2D eigenvalue weighted by Crippen LogP contribution is -2.34. The van der Waals surface area contributed by atoms with Crippen molar-refractivity contribution in [3.05, 3.63) is 105 Å². The average Bonchev–Trinajstić information content (AvgIpc) is 2.94. The van der Waals surface area contributed by atoms with Gasteiger partial charge in [-0.25, -0.2) is 8.42 Å². The second kappa shape index (κ2) is 12.6. The summed E-state index contributed by atoms with van der Waals surface area (Å²) in [5.74, 6) is 0.693. The van der Waals surface area contributed by atoms with E-state index in [9.17, 15) is 23.3 Å². The molecule has 0 aliphatic carbocycles. The molecule has 0 aliphatic rings. The molecule has 0 bridgehead atoms. The van der Waals surface area contributed by atoms with Gasteiger partial charge in [-0.3, -0.25) is 19.9 Å². The highest BCUT2D eigenvalue weighted by atomic mass is 32.2. The Kier molecular flexibility index (Phi) is 9.05. The number of aromatic nitrogens is 2. The van der Waals surface area contributed by atoms with Gasteiger partial charge in [-0.1, -0.05) is 18.2 Å². The van der Waals surface area contributed by atoms with Gasteiger partial charge in [0.1, 0.15) is 5.75 Å². The van der Waals surface area contributed by atoms with Gasteiger partial charge in [0.2, 0.25) is 10.0 Å². The standard InChI is InChI=1S/C28H30N4O6S/c1-30-25-13-12-24(20-23(25)11-14-28(30)33)38-19-6-2-5-17-31(18-15-22-8-7-16-29-21-22)39(36,37)27-10-4-3-9-26(27)32(34)35/h3-4,7-14,16,20-21H,2,5-6,15,17-19H2,1H3. The van der Waals surface area contributed by atoms with Crippen LogP contribution in [0.4, 0.5) is 5.69 Å². The molecule has 2 aromatic carbocycles. The number of unbranched alkanes of at least 4 members (excludes halogenated alkanes) is 2. The molecule has 0 atom stereocenters. The van der Waals surface area contributed by atoms with Crippen molar-refractivity contribution in [2.24, 2.45) is 7.05 Å². The molecule has 0 unspecified atom stereocenters. The number of pyridine rings is 2. The minimum Gasteiger partial charge on any atom is -0.494 e. The Morgan fingerprint density at radius 3 is 2.59 bits per heavy atom. The summed E-state index contributed by atoms with van der Waals surface area (Å²) in [5.41, 5.74) is 1.19. The van der Waals surface area contributed by atoms with E-state index < -0.39 is 20.6 Å². The van der Waals surface area contributed by atoms with E-state index in [4.69, 9.17) is 4.74 Å². The molecule has 39 heavy (non-hydrogen) atoms. The van der Waals surface area contributed by atoms with E-state index >= 15 is 0 Å². The van der Waals surface area contributed by atoms with E-state index in [0.29, 0.717) is 38.0 Å². The number of rotatable bonds is 13. The largest absolute Gasteiger partial charge is 0.494 e. The van der Waals surface area contributed by atoms with Crippen molar-refractivity contribution >= 4 is 26.6 Å². The van der Waals surface area contributed by atoms with Crippen molar-refractivity contribution in [3.8, 4) is 5.75 Å². The zero-order chi connectivity index (χ0) is 27.8. The second-order valence-electron chi connectivity index (χ2n) is 9.10. The van der Waals surface area contributed by atoms with E-state index in [1.54, 1.807) is 36.1 Å². The van der Waals surface area contributed by atoms with Crippen LogP contribution in [0, 0.1) is 10.1 Å². The first-order valence-corrected chi connectivity index (χ1v) is 14.1. The predicted octanol–water partition coefficient (Wildman–Crippen LogP) is 4.32. The van der Waals surface area contributed by atoms with Crippen molar-refractivity contribution in [2.75, 3.05) is 19.7 Å². The van der Waals surface area contributed by atoms with Crippen LogP contribution in [0.15, 0.2) is 88.8 Å². The van der Waals surface area contributed by atoms with Crippen LogP contribution in [0.25, 0.3) is 10.9 Å². The van der Waals surface area contributed by atoms with Gasteiger partial charge in [-0.2, -0.15) is 4.31 Å². The molecule has 0 N–H and O–H groups in total. The molecular weight excluding hydrogens is 520 g/mol. The van der Waals surface area contributed by atoms with Gasteiger partial charge in [0.05, 0.1) is 17.0 Å². The fraction of sp³-hybridized carbons (Fsp3) is 0.286. The van der Waals surface area contributed by atoms with Crippen LogP contribution in [0.2, 0.25) is 0 Å². The molecule has 4 aromatic rings. The number of aryl methyl sites for hydroxylation is 1. The monoisotopic (exact) mass is 550 g/mol.